The van der Waals surface area contributed by atoms with Crippen LogP contribution in [0.15, 0.2) is 51.3 Å². The fourth-order valence-electron chi connectivity index (χ4n) is 9.38. The number of anilines is 1. The molecule has 0 spiro atoms. The average Bonchev–Trinajstić information content (AvgIpc) is 2.11. The Morgan fingerprint density at radius 2 is 1.24 bits per heavy atom. The van der Waals surface area contributed by atoms with Gasteiger partial charge < -0.3 is 86.5 Å². The fraction of sp³-hybridized carbons (Fsp3) is 0.611. The lowest BCUT2D eigenvalue weighted by atomic mass is 10.0. The van der Waals surface area contributed by atoms with Gasteiger partial charge in [-0.3, -0.25) is 53.1 Å². The number of sulfonamides is 1. The zero-order valence-corrected chi connectivity index (χ0v) is 51.5. The van der Waals surface area contributed by atoms with E-state index in [4.69, 9.17) is 34.4 Å². The van der Waals surface area contributed by atoms with Crippen LogP contribution in [0.1, 0.15) is 91.4 Å². The van der Waals surface area contributed by atoms with Crippen LogP contribution < -0.4 is 81.2 Å². The standard InChI is InChI=1S/C54H90N18O12S2/c1-31(2)28-39(70-86(83,84)42-21-10-14-33-34(42)15-9-19-40(33)71(4)5)52(82)72-26-13-20-41(72)50(80)68-36(16-7-8-23-55)49(79)69-45(32(3)73)51(81)64-29-43(74)63-30-44(75)65-38(22-27-85-6)48(78)67-37(18-12-25-62-54(59)60)47(77)66-35(46(56)76)17-11-24-61-53(57)58/h9-10,14-15,19,21,31-32,35-39,41,45,70,73H,7-8,11-13,16-18,20,22-30,55H2,1-6H3,(H2,56,76)(H,63,74)(H,64,81)(H,65,75)(H,66,77)(H,67,78)(H,68,80)(H,69,79)(H4,57,58,61)(H4,59,60,62)/t32-,35+,36+,37+,38+,39+,41+,45+/m1/s1. The van der Waals surface area contributed by atoms with E-state index < -0.39 is 125 Å². The molecule has 2 aromatic rings. The molecule has 0 unspecified atom stereocenters. The number of rotatable bonds is 38. The van der Waals surface area contributed by atoms with Crippen molar-refractivity contribution in [1.29, 1.82) is 0 Å². The van der Waals surface area contributed by atoms with Gasteiger partial charge in [0.25, 0.3) is 0 Å². The van der Waals surface area contributed by atoms with Crippen LogP contribution in [-0.2, 0) is 53.2 Å². The summed E-state index contributed by atoms with van der Waals surface area (Å²) in [4.78, 5) is 133. The molecule has 2 aromatic carbocycles. The van der Waals surface area contributed by atoms with Crippen molar-refractivity contribution in [1.82, 2.24) is 46.8 Å². The topological polar surface area (TPSA) is 492 Å². The molecule has 30 nitrogen and oxygen atoms in total. The normalized spacial score (nSPS) is 15.5. The van der Waals surface area contributed by atoms with Crippen LogP contribution in [0, 0.1) is 5.92 Å². The molecule has 21 N–H and O–H groups in total. The second kappa shape index (κ2) is 36.4. The molecule has 0 radical (unpaired) electrons. The Morgan fingerprint density at radius 3 is 1.83 bits per heavy atom. The summed E-state index contributed by atoms with van der Waals surface area (Å²) in [7, 11) is -0.627. The Balaban J connectivity index is 1.69. The molecule has 0 bridgehead atoms. The molecule has 1 aliphatic heterocycles. The molecule has 0 saturated carbocycles. The smallest absolute Gasteiger partial charge is 0.245 e. The van der Waals surface area contributed by atoms with Crippen molar-refractivity contribution in [2.75, 3.05) is 70.3 Å². The molecule has 1 saturated heterocycles. The summed E-state index contributed by atoms with van der Waals surface area (Å²) < 4.78 is 31.0. The third-order valence-corrected chi connectivity index (χ3v) is 15.9. The minimum atomic E-state index is -4.31. The zero-order valence-electron chi connectivity index (χ0n) is 49.9. The van der Waals surface area contributed by atoms with Gasteiger partial charge in [-0.2, -0.15) is 16.5 Å². The van der Waals surface area contributed by atoms with Gasteiger partial charge in [0.15, 0.2) is 11.9 Å². The van der Waals surface area contributed by atoms with E-state index in [0.717, 1.165) is 5.69 Å². The molecule has 0 aliphatic carbocycles. The molecular weight excluding hydrogens is 1160 g/mol. The van der Waals surface area contributed by atoms with E-state index in [1.165, 1.54) is 29.7 Å². The predicted molar refractivity (Wildman–Crippen MR) is 329 cm³/mol. The number of thioether (sulfide) groups is 1. The van der Waals surface area contributed by atoms with Gasteiger partial charge in [-0.1, -0.05) is 38.1 Å². The monoisotopic (exact) mass is 1250 g/mol. The maximum absolute atomic E-state index is 14.4. The van der Waals surface area contributed by atoms with E-state index in [2.05, 4.69) is 51.9 Å². The lowest BCUT2D eigenvalue weighted by molar-refractivity contribution is -0.141. The van der Waals surface area contributed by atoms with E-state index in [1.807, 2.05) is 45.0 Å². The molecule has 1 aliphatic rings. The van der Waals surface area contributed by atoms with E-state index >= 15 is 0 Å². The summed E-state index contributed by atoms with van der Waals surface area (Å²) in [5.74, 6) is -7.45. The number of hydrogen-bond donors (Lipinski definition) is 15. The summed E-state index contributed by atoms with van der Waals surface area (Å²) in [5, 5.41) is 29.3. The van der Waals surface area contributed by atoms with Gasteiger partial charge in [-0.05, 0) is 114 Å². The van der Waals surface area contributed by atoms with Gasteiger partial charge in [0.2, 0.25) is 63.2 Å². The number of guanidine groups is 2. The molecular formula is C54H90N18O12S2. The van der Waals surface area contributed by atoms with Gasteiger partial charge >= 0.3 is 0 Å². The number of nitrogens with one attached hydrogen (secondary N) is 8. The first kappa shape index (κ1) is 72.7. The average molecular weight is 1250 g/mol. The van der Waals surface area contributed by atoms with Crippen LogP contribution in [0.2, 0.25) is 0 Å². The highest BCUT2D eigenvalue weighted by molar-refractivity contribution is 7.98. The van der Waals surface area contributed by atoms with Gasteiger partial charge in [-0.15, -0.1) is 0 Å². The maximum atomic E-state index is 14.4. The number of primary amides is 1. The number of benzene rings is 2. The SMILES string of the molecule is CSCC[C@H](NC(=O)CNC(=O)CNC(=O)[C@@H](NC(=O)[C@H](CCCCN)NC(=O)[C@@H]1CCCN1C(=O)[C@H](CC(C)C)NS(=O)(=O)c1cccc2c(N(C)C)cccc12)[C@@H](C)O)C(=O)N[C@@H](CCCN=C(N)N)C(=O)N[C@@H](CCCN=C(N)N)C(N)=O. The van der Waals surface area contributed by atoms with Gasteiger partial charge in [-0.25, -0.2) is 8.42 Å². The number of nitrogens with zero attached hydrogens (tertiary/aromatic N) is 4. The second-order valence-corrected chi connectivity index (χ2v) is 24.1. The van der Waals surface area contributed by atoms with Crippen LogP contribution in [0.4, 0.5) is 5.69 Å². The number of hydrogen-bond acceptors (Lipinski definition) is 17. The van der Waals surface area contributed by atoms with Crippen molar-refractivity contribution in [2.45, 2.75) is 145 Å². The van der Waals surface area contributed by atoms with E-state index in [0.29, 0.717) is 35.8 Å². The van der Waals surface area contributed by atoms with Crippen LogP contribution in [0.25, 0.3) is 10.8 Å². The molecule has 9 amide bonds. The lowest BCUT2D eigenvalue weighted by Gasteiger charge is -2.31. The Morgan fingerprint density at radius 1 is 0.686 bits per heavy atom. The van der Waals surface area contributed by atoms with Crippen LogP contribution in [-0.4, -0.2) is 197 Å². The third-order valence-electron chi connectivity index (χ3n) is 13.7. The van der Waals surface area contributed by atoms with Gasteiger partial charge in [0.1, 0.15) is 42.3 Å². The summed E-state index contributed by atoms with van der Waals surface area (Å²) in [5.41, 5.74) is 33.7. The highest BCUT2D eigenvalue weighted by Gasteiger charge is 2.41. The first-order chi connectivity index (χ1) is 40.6. The van der Waals surface area contributed by atoms with Crippen molar-refractivity contribution in [2.24, 2.45) is 50.3 Å². The van der Waals surface area contributed by atoms with Crippen molar-refractivity contribution >= 4 is 103 Å². The first-order valence-electron chi connectivity index (χ1n) is 28.5. The number of nitrogens with two attached hydrogens (primary N) is 6. The highest BCUT2D eigenvalue weighted by atomic mass is 32.2. The minimum absolute atomic E-state index is 0.00353. The van der Waals surface area contributed by atoms with E-state index in [-0.39, 0.29) is 100 Å². The highest BCUT2D eigenvalue weighted by Crippen LogP contribution is 2.31. The summed E-state index contributed by atoms with van der Waals surface area (Å²) in [6, 6.07) is 1.25. The minimum Gasteiger partial charge on any atom is -0.391 e. The zero-order chi connectivity index (χ0) is 64.3. The van der Waals surface area contributed by atoms with Crippen LogP contribution >= 0.6 is 11.8 Å². The van der Waals surface area contributed by atoms with Crippen LogP contribution in [0.3, 0.4) is 0 Å². The number of carbonyl (C=O) groups excluding carboxylic acids is 9. The summed E-state index contributed by atoms with van der Waals surface area (Å²) in [6.07, 6.45) is 2.37. The fourth-order valence-corrected chi connectivity index (χ4v) is 11.3. The number of amides is 9. The number of aliphatic hydroxyl groups is 1. The first-order valence-corrected chi connectivity index (χ1v) is 31.3. The quantitative estimate of drug-likeness (QED) is 0.0174. The van der Waals surface area contributed by atoms with E-state index in [9.17, 15) is 56.7 Å². The Hall–Kier alpha value is -7.55. The Bertz CT molecular complexity index is 2820. The second-order valence-electron chi connectivity index (χ2n) is 21.4. The molecule has 86 heavy (non-hydrogen) atoms. The number of likely N-dealkylation sites (tertiary alicyclic amines) is 1. The van der Waals surface area contributed by atoms with Crippen LogP contribution in [0.5, 0.6) is 0 Å². The molecule has 32 heteroatoms. The predicted octanol–water partition coefficient (Wildman–Crippen LogP) is -3.90. The molecule has 1 heterocycles. The molecule has 0 aromatic heterocycles. The van der Waals surface area contributed by atoms with Gasteiger partial charge in [0.05, 0.1) is 24.1 Å². The largest absolute Gasteiger partial charge is 0.391 e. The molecule has 8 atom stereocenters. The van der Waals surface area contributed by atoms with Crippen molar-refractivity contribution in [3.8, 4) is 0 Å². The number of unbranched alkanes of at least 4 members (excludes halogenated alkanes) is 1. The third kappa shape index (κ3) is 24.1. The molecule has 3 rings (SSSR count). The number of aliphatic imine (C=N–C) groups is 2. The van der Waals surface area contributed by atoms with E-state index in [1.54, 1.807) is 24.5 Å². The number of aliphatic hydroxyl groups excluding tert-OH is 1. The summed E-state index contributed by atoms with van der Waals surface area (Å²) in [6.45, 7) is 4.08. The Kier molecular flexibility index (Phi) is 30.8. The lowest BCUT2D eigenvalue weighted by Crippen LogP contribution is -2.60. The molecule has 1 fully saturated rings. The number of fused-ring (bicyclic) bond motifs is 1. The van der Waals surface area contributed by atoms with Crippen molar-refractivity contribution in [3.63, 3.8) is 0 Å². The summed E-state index contributed by atoms with van der Waals surface area (Å²) >= 11 is 1.36. The van der Waals surface area contributed by atoms with Gasteiger partial charge in [0, 0.05) is 50.2 Å². The van der Waals surface area contributed by atoms with Crippen molar-refractivity contribution in [3.05, 3.63) is 36.4 Å². The van der Waals surface area contributed by atoms with Crippen molar-refractivity contribution < 1.29 is 56.7 Å². The Labute approximate surface area is 506 Å². The molecule has 480 valence electrons. The maximum Gasteiger partial charge on any atom is 0.245 e. The number of carbonyl (C=O) groups is 9.